The molecule has 0 aromatic heterocycles. The van der Waals surface area contributed by atoms with Gasteiger partial charge in [-0.15, -0.1) is 0 Å². The number of carbonyl (C=O) groups is 1. The summed E-state index contributed by atoms with van der Waals surface area (Å²) < 4.78 is 0. The van der Waals surface area contributed by atoms with Gasteiger partial charge in [-0.1, -0.05) is 0 Å². The van der Waals surface area contributed by atoms with Crippen LogP contribution in [0, 0.1) is 0 Å². The van der Waals surface area contributed by atoms with Crippen LogP contribution in [0.1, 0.15) is 17.3 Å². The number of Topliss-reactive ketones (excluding diaryl/α,β-unsaturated/α-hetero) is 1. The highest BCUT2D eigenvalue weighted by Gasteiger charge is 2.20. The third-order valence-corrected chi connectivity index (χ3v) is 3.47. The number of ketones is 1. The maximum Gasteiger partial charge on any atom is 0.180 e. The monoisotopic (exact) mass is 262 g/mol. The largest absolute Gasteiger partial charge is 0.399 e. The van der Waals surface area contributed by atoms with Gasteiger partial charge in [-0.2, -0.15) is 0 Å². The molecule has 1 saturated heterocycles. The lowest BCUT2D eigenvalue weighted by Crippen LogP contribution is -2.54. The molecule has 1 aliphatic rings. The molecule has 0 saturated carbocycles. The minimum atomic E-state index is -0.216. The number of piperazine rings is 1. The molecule has 1 unspecified atom stereocenters. The first-order valence-electron chi connectivity index (χ1n) is 6.65. The van der Waals surface area contributed by atoms with E-state index in [1.165, 1.54) is 0 Å². The number of hydrazine groups is 1. The Morgan fingerprint density at radius 3 is 2.37 bits per heavy atom. The Morgan fingerprint density at radius 2 is 1.79 bits per heavy atom. The highest BCUT2D eigenvalue weighted by molar-refractivity contribution is 6.00. The van der Waals surface area contributed by atoms with Crippen LogP contribution in [0.25, 0.3) is 0 Å². The highest BCUT2D eigenvalue weighted by Crippen LogP contribution is 2.08. The molecule has 0 radical (unpaired) electrons. The number of hydrogen-bond donors (Lipinski definition) is 2. The lowest BCUT2D eigenvalue weighted by molar-refractivity contribution is 0.0718. The number of nitrogens with zero attached hydrogens (tertiary/aromatic N) is 2. The zero-order chi connectivity index (χ0) is 13.8. The van der Waals surface area contributed by atoms with Crippen molar-refractivity contribution in [3.63, 3.8) is 0 Å². The van der Waals surface area contributed by atoms with Crippen LogP contribution in [0.3, 0.4) is 0 Å². The Kier molecular flexibility index (Phi) is 4.52. The summed E-state index contributed by atoms with van der Waals surface area (Å²) >= 11 is 0. The maximum atomic E-state index is 12.3. The lowest BCUT2D eigenvalue weighted by atomic mass is 10.1. The molecule has 0 spiro atoms. The quantitative estimate of drug-likeness (QED) is 0.614. The van der Waals surface area contributed by atoms with Crippen molar-refractivity contribution in [3.8, 4) is 0 Å². The Hall–Kier alpha value is -1.43. The van der Waals surface area contributed by atoms with Gasteiger partial charge in [-0.25, -0.2) is 10.4 Å². The fraction of sp³-hybridized carbons (Fsp3) is 0.500. The van der Waals surface area contributed by atoms with Crippen molar-refractivity contribution in [3.05, 3.63) is 29.8 Å². The van der Waals surface area contributed by atoms with E-state index in [2.05, 4.69) is 22.4 Å². The summed E-state index contributed by atoms with van der Waals surface area (Å²) in [5, 5.41) is 2.12. The van der Waals surface area contributed by atoms with Crippen molar-refractivity contribution < 1.29 is 4.79 Å². The Bertz CT molecular complexity index is 424. The number of carbonyl (C=O) groups excluding carboxylic acids is 1. The third kappa shape index (κ3) is 3.76. The molecular formula is C14H22N4O. The summed E-state index contributed by atoms with van der Waals surface area (Å²) in [6, 6.07) is 6.86. The molecule has 104 valence electrons. The zero-order valence-corrected chi connectivity index (χ0v) is 11.6. The first-order chi connectivity index (χ1) is 9.06. The molecule has 1 aliphatic heterocycles. The third-order valence-electron chi connectivity index (χ3n) is 3.47. The minimum absolute atomic E-state index is 0.0962. The van der Waals surface area contributed by atoms with Gasteiger partial charge in [0.05, 0.1) is 6.04 Å². The van der Waals surface area contributed by atoms with E-state index in [1.54, 1.807) is 24.3 Å². The van der Waals surface area contributed by atoms with Crippen LogP contribution in [-0.2, 0) is 0 Å². The van der Waals surface area contributed by atoms with Gasteiger partial charge < -0.3 is 10.6 Å². The SMILES string of the molecule is CC(NN1CCN(C)CC1)C(=O)c1ccc(N)cc1. The number of nitrogens with two attached hydrogens (primary N) is 1. The smallest absolute Gasteiger partial charge is 0.180 e. The van der Waals surface area contributed by atoms with Crippen molar-refractivity contribution in [1.82, 2.24) is 15.3 Å². The van der Waals surface area contributed by atoms with Crippen molar-refractivity contribution >= 4 is 11.5 Å². The van der Waals surface area contributed by atoms with E-state index >= 15 is 0 Å². The summed E-state index contributed by atoms with van der Waals surface area (Å²) in [6.07, 6.45) is 0. The van der Waals surface area contributed by atoms with Gasteiger partial charge in [-0.3, -0.25) is 4.79 Å². The van der Waals surface area contributed by atoms with Crippen LogP contribution in [-0.4, -0.2) is 55.0 Å². The van der Waals surface area contributed by atoms with Crippen LogP contribution >= 0.6 is 0 Å². The zero-order valence-electron chi connectivity index (χ0n) is 11.6. The summed E-state index contributed by atoms with van der Waals surface area (Å²) in [5.41, 5.74) is 10.3. The van der Waals surface area contributed by atoms with Gasteiger partial charge in [0.25, 0.3) is 0 Å². The fourth-order valence-corrected chi connectivity index (χ4v) is 2.17. The molecule has 0 amide bonds. The molecule has 5 heteroatoms. The van der Waals surface area contributed by atoms with Crippen molar-refractivity contribution in [1.29, 1.82) is 0 Å². The fourth-order valence-electron chi connectivity index (χ4n) is 2.17. The standard InChI is InChI=1S/C14H22N4O/c1-11(16-18-9-7-17(2)8-10-18)14(19)12-3-5-13(15)6-4-12/h3-6,11,16H,7-10,15H2,1-2H3. The average Bonchev–Trinajstić information content (AvgIpc) is 2.41. The number of likely N-dealkylation sites (N-methyl/N-ethyl adjacent to an activating group) is 1. The van der Waals surface area contributed by atoms with Gasteiger partial charge in [0.15, 0.2) is 5.78 Å². The van der Waals surface area contributed by atoms with Crippen LogP contribution in [0.2, 0.25) is 0 Å². The first-order valence-corrected chi connectivity index (χ1v) is 6.65. The Morgan fingerprint density at radius 1 is 1.21 bits per heavy atom. The molecule has 1 fully saturated rings. The van der Waals surface area contributed by atoms with Crippen LogP contribution < -0.4 is 11.2 Å². The van der Waals surface area contributed by atoms with E-state index in [0.717, 1.165) is 26.2 Å². The van der Waals surface area contributed by atoms with E-state index in [4.69, 9.17) is 5.73 Å². The minimum Gasteiger partial charge on any atom is -0.399 e. The van der Waals surface area contributed by atoms with Gasteiger partial charge >= 0.3 is 0 Å². The molecule has 1 aromatic carbocycles. The second-order valence-corrected chi connectivity index (χ2v) is 5.13. The second kappa shape index (κ2) is 6.14. The summed E-state index contributed by atoms with van der Waals surface area (Å²) in [4.78, 5) is 14.5. The van der Waals surface area contributed by atoms with Gasteiger partial charge in [0.2, 0.25) is 0 Å². The average molecular weight is 262 g/mol. The molecular weight excluding hydrogens is 240 g/mol. The predicted octanol–water partition coefficient (Wildman–Crippen LogP) is 0.592. The maximum absolute atomic E-state index is 12.3. The molecule has 5 nitrogen and oxygen atoms in total. The first kappa shape index (κ1) is 14.0. The molecule has 2 rings (SSSR count). The van der Waals surface area contributed by atoms with Crippen LogP contribution in [0.15, 0.2) is 24.3 Å². The molecule has 19 heavy (non-hydrogen) atoms. The Labute approximate surface area is 114 Å². The van der Waals surface area contributed by atoms with E-state index in [0.29, 0.717) is 11.3 Å². The predicted molar refractivity (Wildman–Crippen MR) is 76.9 cm³/mol. The van der Waals surface area contributed by atoms with E-state index < -0.39 is 0 Å². The lowest BCUT2D eigenvalue weighted by Gasteiger charge is -2.34. The number of nitrogens with one attached hydrogen (secondary N) is 1. The molecule has 3 N–H and O–H groups in total. The molecule has 1 heterocycles. The van der Waals surface area contributed by atoms with E-state index in [9.17, 15) is 4.79 Å². The van der Waals surface area contributed by atoms with Crippen molar-refractivity contribution in [2.45, 2.75) is 13.0 Å². The molecule has 0 bridgehead atoms. The van der Waals surface area contributed by atoms with Crippen LogP contribution in [0.4, 0.5) is 5.69 Å². The normalized spacial score (nSPS) is 19.3. The van der Waals surface area contributed by atoms with Gasteiger partial charge in [-0.05, 0) is 38.2 Å². The van der Waals surface area contributed by atoms with Crippen molar-refractivity contribution in [2.75, 3.05) is 39.0 Å². The molecule has 0 aliphatic carbocycles. The van der Waals surface area contributed by atoms with E-state index in [1.807, 2.05) is 6.92 Å². The number of nitrogen functional groups attached to an aromatic ring is 1. The van der Waals surface area contributed by atoms with Crippen molar-refractivity contribution in [2.24, 2.45) is 0 Å². The second-order valence-electron chi connectivity index (χ2n) is 5.13. The number of benzene rings is 1. The summed E-state index contributed by atoms with van der Waals surface area (Å²) in [5.74, 6) is 0.0962. The number of hydrogen-bond acceptors (Lipinski definition) is 5. The molecule has 1 atom stereocenters. The highest BCUT2D eigenvalue weighted by atomic mass is 16.1. The number of rotatable bonds is 4. The Balaban J connectivity index is 1.90. The van der Waals surface area contributed by atoms with E-state index in [-0.39, 0.29) is 11.8 Å². The van der Waals surface area contributed by atoms with Crippen LogP contribution in [0.5, 0.6) is 0 Å². The van der Waals surface area contributed by atoms with Gasteiger partial charge in [0.1, 0.15) is 0 Å². The topological polar surface area (TPSA) is 61.6 Å². The summed E-state index contributed by atoms with van der Waals surface area (Å²) in [6.45, 7) is 5.83. The van der Waals surface area contributed by atoms with Gasteiger partial charge in [0, 0.05) is 37.4 Å². The summed E-state index contributed by atoms with van der Waals surface area (Å²) in [7, 11) is 2.11. The molecule has 1 aromatic rings. The number of anilines is 1.